The van der Waals surface area contributed by atoms with Gasteiger partial charge in [0.25, 0.3) is 5.91 Å². The molecule has 204 valence electrons. The van der Waals surface area contributed by atoms with Gasteiger partial charge in [-0.3, -0.25) is 4.79 Å². The van der Waals surface area contributed by atoms with Crippen LogP contribution in [0.4, 0.5) is 0 Å². The maximum atomic E-state index is 13.2. The second-order valence-electron chi connectivity index (χ2n) is 10.4. The number of aryl methyl sites for hydroxylation is 1. The van der Waals surface area contributed by atoms with Crippen molar-refractivity contribution in [3.63, 3.8) is 0 Å². The fourth-order valence-electron chi connectivity index (χ4n) is 5.02. The Hall–Kier alpha value is -5.15. The first kappa shape index (κ1) is 27.4. The molecule has 0 saturated heterocycles. The number of aromatic carboxylic acids is 1. The Kier molecular flexibility index (Phi) is 7.71. The molecule has 4 aromatic carbocycles. The fraction of sp³-hybridized carbons (Fsp3) is 0.171. The zero-order valence-corrected chi connectivity index (χ0v) is 23.3. The van der Waals surface area contributed by atoms with Gasteiger partial charge in [-0.2, -0.15) is 0 Å². The van der Waals surface area contributed by atoms with Crippen molar-refractivity contribution in [1.29, 1.82) is 0 Å². The van der Waals surface area contributed by atoms with E-state index in [2.05, 4.69) is 35.7 Å². The lowest BCUT2D eigenvalue weighted by atomic mass is 9.98. The van der Waals surface area contributed by atoms with Gasteiger partial charge in [-0.05, 0) is 64.9 Å². The van der Waals surface area contributed by atoms with Crippen molar-refractivity contribution in [2.24, 2.45) is 0 Å². The van der Waals surface area contributed by atoms with E-state index < -0.39 is 12.0 Å². The first-order chi connectivity index (χ1) is 19.7. The van der Waals surface area contributed by atoms with Crippen molar-refractivity contribution >= 4 is 22.9 Å². The quantitative estimate of drug-likeness (QED) is 0.208. The maximum Gasteiger partial charge on any atom is 0.336 e. The number of nitrogens with one attached hydrogen (secondary N) is 1. The molecule has 0 bridgehead atoms. The maximum absolute atomic E-state index is 13.2. The number of rotatable bonds is 8. The van der Waals surface area contributed by atoms with Crippen molar-refractivity contribution in [3.8, 4) is 23.5 Å². The van der Waals surface area contributed by atoms with Gasteiger partial charge in [0.1, 0.15) is 11.9 Å². The topological polar surface area (TPSA) is 84.2 Å². The molecule has 0 unspecified atom stereocenters. The highest BCUT2D eigenvalue weighted by atomic mass is 16.4. The number of benzene rings is 4. The second-order valence-corrected chi connectivity index (χ2v) is 10.4. The molecule has 41 heavy (non-hydrogen) atoms. The molecule has 1 atom stereocenters. The SMILES string of the molecule is C#C[C@H](NC(=O)c1ccc2c(c1)nc(C)n2Cc1ccc(-c2ccccc2C(=O)O)cc1)c1cccc(C(C)C)c1. The molecule has 5 rings (SSSR count). The van der Waals surface area contributed by atoms with Crippen LogP contribution in [0.5, 0.6) is 0 Å². The number of carboxylic acids is 1. The van der Waals surface area contributed by atoms with Crippen LogP contribution in [-0.2, 0) is 6.54 Å². The molecule has 6 nitrogen and oxygen atoms in total. The molecule has 1 amide bonds. The van der Waals surface area contributed by atoms with E-state index in [9.17, 15) is 14.7 Å². The van der Waals surface area contributed by atoms with Gasteiger partial charge in [0.15, 0.2) is 0 Å². The van der Waals surface area contributed by atoms with Crippen LogP contribution >= 0.6 is 0 Å². The standard InChI is InChI=1S/C35H31N3O3/c1-5-31(27-10-8-9-26(19-27)22(2)3)37-34(39)28-17-18-33-32(20-28)36-23(4)38(33)21-24-13-15-25(16-14-24)29-11-6-7-12-30(29)35(40)41/h1,6-20,22,31H,21H2,2-4H3,(H,37,39)(H,40,41)/t31-/m0/s1. The van der Waals surface area contributed by atoms with Crippen molar-refractivity contribution in [2.75, 3.05) is 0 Å². The summed E-state index contributed by atoms with van der Waals surface area (Å²) < 4.78 is 2.10. The van der Waals surface area contributed by atoms with Crippen molar-refractivity contribution in [2.45, 2.75) is 39.3 Å². The zero-order valence-electron chi connectivity index (χ0n) is 23.3. The number of amides is 1. The predicted molar refractivity (Wildman–Crippen MR) is 162 cm³/mol. The summed E-state index contributed by atoms with van der Waals surface area (Å²) in [5.74, 6) is 2.68. The number of carboxylic acid groups (broad SMARTS) is 1. The Bertz CT molecular complexity index is 1790. The first-order valence-electron chi connectivity index (χ1n) is 13.5. The van der Waals surface area contributed by atoms with Gasteiger partial charge in [-0.15, -0.1) is 6.42 Å². The molecular weight excluding hydrogens is 510 g/mol. The normalized spacial score (nSPS) is 11.8. The van der Waals surface area contributed by atoms with E-state index in [1.807, 2.05) is 67.6 Å². The summed E-state index contributed by atoms with van der Waals surface area (Å²) in [7, 11) is 0. The summed E-state index contributed by atoms with van der Waals surface area (Å²) in [4.78, 5) is 29.5. The minimum atomic E-state index is -0.951. The van der Waals surface area contributed by atoms with E-state index in [4.69, 9.17) is 11.4 Å². The number of aromatic nitrogens is 2. The van der Waals surface area contributed by atoms with E-state index >= 15 is 0 Å². The Morgan fingerprint density at radius 3 is 2.39 bits per heavy atom. The van der Waals surface area contributed by atoms with Gasteiger partial charge in [-0.1, -0.05) is 86.5 Å². The van der Waals surface area contributed by atoms with Crippen molar-refractivity contribution in [3.05, 3.63) is 125 Å². The monoisotopic (exact) mass is 541 g/mol. The fourth-order valence-corrected chi connectivity index (χ4v) is 5.02. The van der Waals surface area contributed by atoms with E-state index in [1.165, 1.54) is 5.56 Å². The van der Waals surface area contributed by atoms with E-state index in [0.29, 0.717) is 23.6 Å². The first-order valence-corrected chi connectivity index (χ1v) is 13.5. The number of carbonyl (C=O) groups excluding carboxylic acids is 1. The molecule has 0 aliphatic rings. The third kappa shape index (κ3) is 5.75. The van der Waals surface area contributed by atoms with Crippen LogP contribution in [0, 0.1) is 19.3 Å². The second kappa shape index (κ2) is 11.5. The van der Waals surface area contributed by atoms with Gasteiger partial charge < -0.3 is 15.0 Å². The van der Waals surface area contributed by atoms with Crippen LogP contribution in [-0.4, -0.2) is 26.5 Å². The lowest BCUT2D eigenvalue weighted by Crippen LogP contribution is -2.27. The van der Waals surface area contributed by atoms with Gasteiger partial charge in [0.2, 0.25) is 0 Å². The molecule has 0 aliphatic heterocycles. The molecule has 0 radical (unpaired) electrons. The number of fused-ring (bicyclic) bond motifs is 1. The highest BCUT2D eigenvalue weighted by molar-refractivity contribution is 5.98. The average molecular weight is 542 g/mol. The van der Waals surface area contributed by atoms with Crippen LogP contribution in [0.15, 0.2) is 91.0 Å². The van der Waals surface area contributed by atoms with Crippen LogP contribution in [0.3, 0.4) is 0 Å². The Labute approximate surface area is 239 Å². The minimum Gasteiger partial charge on any atom is -0.478 e. The number of nitrogens with zero attached hydrogens (tertiary/aromatic N) is 2. The number of carbonyl (C=O) groups is 2. The van der Waals surface area contributed by atoms with Crippen LogP contribution in [0.1, 0.15) is 69.0 Å². The summed E-state index contributed by atoms with van der Waals surface area (Å²) in [5, 5.41) is 12.5. The zero-order chi connectivity index (χ0) is 29.1. The molecule has 0 fully saturated rings. The van der Waals surface area contributed by atoms with E-state index in [1.54, 1.807) is 24.3 Å². The van der Waals surface area contributed by atoms with Crippen LogP contribution < -0.4 is 5.32 Å². The van der Waals surface area contributed by atoms with Crippen molar-refractivity contribution in [1.82, 2.24) is 14.9 Å². The molecule has 1 heterocycles. The number of terminal acetylenes is 1. The minimum absolute atomic E-state index is 0.255. The average Bonchev–Trinajstić information content (AvgIpc) is 3.29. The number of hydrogen-bond donors (Lipinski definition) is 2. The molecule has 5 aromatic rings. The highest BCUT2D eigenvalue weighted by Gasteiger charge is 2.17. The van der Waals surface area contributed by atoms with Crippen LogP contribution in [0.2, 0.25) is 0 Å². The number of imidazole rings is 1. The summed E-state index contributed by atoms with van der Waals surface area (Å²) >= 11 is 0. The van der Waals surface area contributed by atoms with Gasteiger partial charge >= 0.3 is 5.97 Å². The predicted octanol–water partition coefficient (Wildman–Crippen LogP) is 6.99. The lowest BCUT2D eigenvalue weighted by Gasteiger charge is -2.16. The van der Waals surface area contributed by atoms with Gasteiger partial charge in [0.05, 0.1) is 16.6 Å². The summed E-state index contributed by atoms with van der Waals surface area (Å²) in [5.41, 5.74) is 7.02. The molecule has 0 spiro atoms. The van der Waals surface area contributed by atoms with E-state index in [0.717, 1.165) is 33.5 Å². The third-order valence-corrected chi connectivity index (χ3v) is 7.32. The highest BCUT2D eigenvalue weighted by Crippen LogP contribution is 2.26. The van der Waals surface area contributed by atoms with Gasteiger partial charge in [0, 0.05) is 12.1 Å². The molecule has 0 saturated carbocycles. The van der Waals surface area contributed by atoms with Crippen LogP contribution in [0.25, 0.3) is 22.2 Å². The molecule has 6 heteroatoms. The summed E-state index contributed by atoms with van der Waals surface area (Å²) in [6.07, 6.45) is 5.80. The summed E-state index contributed by atoms with van der Waals surface area (Å²) in [6.45, 7) is 6.76. The Morgan fingerprint density at radius 1 is 0.951 bits per heavy atom. The molecule has 1 aromatic heterocycles. The number of hydrogen-bond acceptors (Lipinski definition) is 3. The van der Waals surface area contributed by atoms with Crippen molar-refractivity contribution < 1.29 is 14.7 Å². The van der Waals surface area contributed by atoms with Gasteiger partial charge in [-0.25, -0.2) is 9.78 Å². The Balaban J connectivity index is 1.35. The molecule has 0 aliphatic carbocycles. The summed E-state index contributed by atoms with van der Waals surface area (Å²) in [6, 6.07) is 27.8. The third-order valence-electron chi connectivity index (χ3n) is 7.32. The molecular formula is C35H31N3O3. The molecule has 2 N–H and O–H groups in total. The largest absolute Gasteiger partial charge is 0.478 e. The Morgan fingerprint density at radius 2 is 1.68 bits per heavy atom. The van der Waals surface area contributed by atoms with E-state index in [-0.39, 0.29) is 11.5 Å². The lowest BCUT2D eigenvalue weighted by molar-refractivity contribution is 0.0697. The smallest absolute Gasteiger partial charge is 0.336 e.